The Morgan fingerprint density at radius 2 is 2.33 bits per heavy atom. The Morgan fingerprint density at radius 1 is 1.61 bits per heavy atom. The van der Waals surface area contributed by atoms with E-state index >= 15 is 0 Å². The summed E-state index contributed by atoms with van der Waals surface area (Å²) in [6.45, 7) is 2.30. The summed E-state index contributed by atoms with van der Waals surface area (Å²) in [6, 6.07) is 3.29. The molecular weight excluding hydrogens is 257 g/mol. The quantitative estimate of drug-likeness (QED) is 0.889. The lowest BCUT2D eigenvalue weighted by Gasteiger charge is -2.13. The number of hydrogen-bond acceptors (Lipinski definition) is 2. The minimum Gasteiger partial charge on any atom is -0.481 e. The molecule has 1 fully saturated rings. The molecule has 2 rings (SSSR count). The van der Waals surface area contributed by atoms with E-state index in [1.807, 2.05) is 6.92 Å². The van der Waals surface area contributed by atoms with Crippen molar-refractivity contribution < 1.29 is 14.3 Å². The third-order valence-electron chi connectivity index (χ3n) is 3.39. The van der Waals surface area contributed by atoms with Gasteiger partial charge in [-0.3, -0.25) is 4.79 Å². The van der Waals surface area contributed by atoms with Crippen molar-refractivity contribution in [2.24, 2.45) is 5.92 Å². The average Bonchev–Trinajstić information content (AvgIpc) is 2.82. The first-order valence-electron chi connectivity index (χ1n) is 5.97. The number of nitrogens with one attached hydrogen (secondary N) is 1. The van der Waals surface area contributed by atoms with Crippen LogP contribution in [0.5, 0.6) is 0 Å². The van der Waals surface area contributed by atoms with Crippen molar-refractivity contribution in [2.45, 2.75) is 25.8 Å². The molecule has 0 spiro atoms. The number of carbonyl (C=O) groups is 1. The molecule has 5 heteroatoms. The Balaban J connectivity index is 2.25. The first-order chi connectivity index (χ1) is 8.52. The molecule has 0 aromatic heterocycles. The minimum absolute atomic E-state index is 0.0606. The molecule has 1 aliphatic rings. The van der Waals surface area contributed by atoms with E-state index in [2.05, 4.69) is 5.32 Å². The fourth-order valence-electron chi connectivity index (χ4n) is 2.31. The molecule has 0 radical (unpaired) electrons. The van der Waals surface area contributed by atoms with Gasteiger partial charge in [0.1, 0.15) is 5.82 Å². The van der Waals surface area contributed by atoms with Crippen LogP contribution in [0.3, 0.4) is 0 Å². The molecule has 1 saturated heterocycles. The molecule has 18 heavy (non-hydrogen) atoms. The topological polar surface area (TPSA) is 49.3 Å². The number of rotatable bonds is 3. The van der Waals surface area contributed by atoms with E-state index in [0.29, 0.717) is 24.9 Å². The van der Waals surface area contributed by atoms with Crippen LogP contribution in [0.4, 0.5) is 4.39 Å². The SMILES string of the molecule is CCc1cc(C2CC(C(=O)O)CN2)cc(Cl)c1F. The largest absolute Gasteiger partial charge is 0.481 e. The Labute approximate surface area is 110 Å². The number of benzene rings is 1. The molecule has 1 aliphatic heterocycles. The maximum absolute atomic E-state index is 13.6. The zero-order chi connectivity index (χ0) is 13.3. The average molecular weight is 272 g/mol. The first-order valence-corrected chi connectivity index (χ1v) is 6.34. The molecule has 3 nitrogen and oxygen atoms in total. The summed E-state index contributed by atoms with van der Waals surface area (Å²) in [7, 11) is 0. The molecule has 0 aliphatic carbocycles. The van der Waals surface area contributed by atoms with Crippen LogP contribution in [-0.2, 0) is 11.2 Å². The zero-order valence-electron chi connectivity index (χ0n) is 10.0. The van der Waals surface area contributed by atoms with Crippen LogP contribution in [0.2, 0.25) is 5.02 Å². The van der Waals surface area contributed by atoms with Crippen molar-refractivity contribution in [2.75, 3.05) is 6.54 Å². The number of aliphatic carboxylic acids is 1. The van der Waals surface area contributed by atoms with Gasteiger partial charge >= 0.3 is 5.97 Å². The van der Waals surface area contributed by atoms with Crippen LogP contribution in [0, 0.1) is 11.7 Å². The van der Waals surface area contributed by atoms with E-state index in [9.17, 15) is 9.18 Å². The lowest BCUT2D eigenvalue weighted by Crippen LogP contribution is -2.17. The van der Waals surface area contributed by atoms with Gasteiger partial charge in [-0.2, -0.15) is 0 Å². The van der Waals surface area contributed by atoms with Gasteiger partial charge in [-0.05, 0) is 30.0 Å². The Kier molecular flexibility index (Phi) is 3.88. The number of aryl methyl sites for hydroxylation is 1. The standard InChI is InChI=1S/C13H15ClFNO2/c1-2-7-3-8(4-10(14)12(7)15)11-5-9(6-16-11)13(17)18/h3-4,9,11,16H,2,5-6H2,1H3,(H,17,18). The summed E-state index contributed by atoms with van der Waals surface area (Å²) in [5.74, 6) is -1.56. The van der Waals surface area contributed by atoms with Crippen molar-refractivity contribution in [3.63, 3.8) is 0 Å². The summed E-state index contributed by atoms with van der Waals surface area (Å²) in [4.78, 5) is 10.9. The summed E-state index contributed by atoms with van der Waals surface area (Å²) in [6.07, 6.45) is 1.08. The van der Waals surface area contributed by atoms with E-state index in [-0.39, 0.29) is 22.8 Å². The maximum Gasteiger partial charge on any atom is 0.307 e. The predicted molar refractivity (Wildman–Crippen MR) is 67.3 cm³/mol. The van der Waals surface area contributed by atoms with Crippen LogP contribution in [0.15, 0.2) is 12.1 Å². The highest BCUT2D eigenvalue weighted by atomic mass is 35.5. The minimum atomic E-state index is -0.797. The molecule has 1 aromatic rings. The summed E-state index contributed by atoms with van der Waals surface area (Å²) in [5, 5.41) is 12.2. The number of hydrogen-bond donors (Lipinski definition) is 2. The second-order valence-electron chi connectivity index (χ2n) is 4.56. The van der Waals surface area contributed by atoms with Gasteiger partial charge in [-0.15, -0.1) is 0 Å². The van der Waals surface area contributed by atoms with E-state index in [0.717, 1.165) is 5.56 Å². The monoisotopic (exact) mass is 271 g/mol. The van der Waals surface area contributed by atoms with E-state index in [4.69, 9.17) is 16.7 Å². The Hall–Kier alpha value is -1.13. The maximum atomic E-state index is 13.6. The highest BCUT2D eigenvalue weighted by Crippen LogP contribution is 2.31. The molecule has 2 unspecified atom stereocenters. The summed E-state index contributed by atoms with van der Waals surface area (Å²) in [5.41, 5.74) is 1.43. The van der Waals surface area contributed by atoms with Crippen LogP contribution in [0.1, 0.15) is 30.5 Å². The highest BCUT2D eigenvalue weighted by Gasteiger charge is 2.30. The van der Waals surface area contributed by atoms with Crippen LogP contribution < -0.4 is 5.32 Å². The fourth-order valence-corrected chi connectivity index (χ4v) is 2.55. The van der Waals surface area contributed by atoms with E-state index in [1.54, 1.807) is 12.1 Å². The molecule has 0 amide bonds. The lowest BCUT2D eigenvalue weighted by molar-refractivity contribution is -0.141. The lowest BCUT2D eigenvalue weighted by atomic mass is 9.98. The van der Waals surface area contributed by atoms with Gasteiger partial charge in [0.25, 0.3) is 0 Å². The second kappa shape index (κ2) is 5.24. The normalized spacial score (nSPS) is 23.3. The first kappa shape index (κ1) is 13.3. The molecule has 2 N–H and O–H groups in total. The van der Waals surface area contributed by atoms with E-state index in [1.165, 1.54) is 0 Å². The van der Waals surface area contributed by atoms with Crippen molar-refractivity contribution in [3.8, 4) is 0 Å². The number of carboxylic acid groups (broad SMARTS) is 1. The molecule has 1 heterocycles. The van der Waals surface area contributed by atoms with Crippen LogP contribution in [0.25, 0.3) is 0 Å². The Bertz CT molecular complexity index is 478. The van der Waals surface area contributed by atoms with Gasteiger partial charge < -0.3 is 10.4 Å². The zero-order valence-corrected chi connectivity index (χ0v) is 10.8. The highest BCUT2D eigenvalue weighted by molar-refractivity contribution is 6.30. The van der Waals surface area contributed by atoms with Gasteiger partial charge in [0.05, 0.1) is 10.9 Å². The van der Waals surface area contributed by atoms with Gasteiger partial charge in [0, 0.05) is 12.6 Å². The van der Waals surface area contributed by atoms with Gasteiger partial charge in [-0.25, -0.2) is 4.39 Å². The van der Waals surface area contributed by atoms with Gasteiger partial charge in [0.2, 0.25) is 0 Å². The van der Waals surface area contributed by atoms with Crippen molar-refractivity contribution >= 4 is 17.6 Å². The predicted octanol–water partition coefficient (Wildman–Crippen LogP) is 2.78. The third-order valence-corrected chi connectivity index (χ3v) is 3.66. The Morgan fingerprint density at radius 3 is 2.89 bits per heavy atom. The second-order valence-corrected chi connectivity index (χ2v) is 4.97. The number of carboxylic acids is 1. The molecule has 2 atom stereocenters. The fraction of sp³-hybridized carbons (Fsp3) is 0.462. The summed E-state index contributed by atoms with van der Waals surface area (Å²) >= 11 is 5.86. The van der Waals surface area contributed by atoms with Gasteiger partial charge in [0.15, 0.2) is 0 Å². The molecule has 0 bridgehead atoms. The van der Waals surface area contributed by atoms with Crippen molar-refractivity contribution in [1.29, 1.82) is 0 Å². The smallest absolute Gasteiger partial charge is 0.307 e. The van der Waals surface area contributed by atoms with E-state index < -0.39 is 5.97 Å². The molecule has 1 aromatic carbocycles. The molecule has 98 valence electrons. The van der Waals surface area contributed by atoms with Crippen LogP contribution in [-0.4, -0.2) is 17.6 Å². The van der Waals surface area contributed by atoms with Gasteiger partial charge in [-0.1, -0.05) is 24.6 Å². The van der Waals surface area contributed by atoms with Crippen LogP contribution >= 0.6 is 11.6 Å². The molecule has 0 saturated carbocycles. The third kappa shape index (κ3) is 2.49. The van der Waals surface area contributed by atoms with Crippen molar-refractivity contribution in [3.05, 3.63) is 34.1 Å². The summed E-state index contributed by atoms with van der Waals surface area (Å²) < 4.78 is 13.6. The number of halogens is 2. The molecular formula is C13H15ClFNO2. The van der Waals surface area contributed by atoms with Crippen molar-refractivity contribution in [1.82, 2.24) is 5.32 Å².